The van der Waals surface area contributed by atoms with Gasteiger partial charge in [0.2, 0.25) is 0 Å². The molecule has 35 heavy (non-hydrogen) atoms. The minimum Gasteiger partial charge on any atom is -0.462 e. The van der Waals surface area contributed by atoms with E-state index in [0.29, 0.717) is 5.56 Å². The maximum absolute atomic E-state index is 11.9. The van der Waals surface area contributed by atoms with Crippen LogP contribution in [0.15, 0.2) is 18.2 Å². The molecule has 12 heteroatoms. The maximum Gasteiger partial charge on any atom is 0.308 e. The number of benzene rings is 1. The summed E-state index contributed by atoms with van der Waals surface area (Å²) in [4.78, 5) is 69.7. The molecule has 0 bridgehead atoms. The van der Waals surface area contributed by atoms with E-state index in [1.54, 1.807) is 0 Å². The number of carbonyl (C=O) groups excluding carboxylic acids is 6. The first-order valence-electron chi connectivity index (χ1n) is 10.4. The first-order valence-corrected chi connectivity index (χ1v) is 10.4. The van der Waals surface area contributed by atoms with Crippen LogP contribution in [0.3, 0.4) is 0 Å². The summed E-state index contributed by atoms with van der Waals surface area (Å²) in [7, 11) is 0. The van der Waals surface area contributed by atoms with Gasteiger partial charge in [-0.15, -0.1) is 0 Å². The Balaban J connectivity index is 3.49. The fourth-order valence-electron chi connectivity index (χ4n) is 3.03. The predicted molar refractivity (Wildman–Crippen MR) is 116 cm³/mol. The van der Waals surface area contributed by atoms with Crippen molar-refractivity contribution in [1.82, 2.24) is 0 Å². The van der Waals surface area contributed by atoms with Gasteiger partial charge in [0.15, 0.2) is 12.2 Å². The van der Waals surface area contributed by atoms with Gasteiger partial charge in [0.25, 0.3) is 0 Å². The summed E-state index contributed by atoms with van der Waals surface area (Å²) < 4.78 is 31.0. The topological polar surface area (TPSA) is 158 Å². The van der Waals surface area contributed by atoms with Crippen LogP contribution >= 0.6 is 0 Å². The standard InChI is InChI=1S/C23H28O12/c1-12(24)30-11-22(34-16(5)28)23(35-17(6)29)21(33-15(4)27)9-18-7-8-19(31-13(2)25)10-20(18)32-14(3)26/h7-8,10,21-23H,9,11H2,1-6H3/t21-,22+,23-/m0/s1. The molecule has 0 saturated heterocycles. The highest BCUT2D eigenvalue weighted by Crippen LogP contribution is 2.29. The van der Waals surface area contributed by atoms with E-state index in [4.69, 9.17) is 28.4 Å². The van der Waals surface area contributed by atoms with Crippen molar-refractivity contribution in [1.29, 1.82) is 0 Å². The maximum atomic E-state index is 11.9. The van der Waals surface area contributed by atoms with Gasteiger partial charge in [-0.05, 0) is 11.6 Å². The monoisotopic (exact) mass is 496 g/mol. The zero-order valence-electron chi connectivity index (χ0n) is 20.3. The molecular weight excluding hydrogens is 468 g/mol. The Morgan fingerprint density at radius 1 is 0.657 bits per heavy atom. The van der Waals surface area contributed by atoms with E-state index in [9.17, 15) is 28.8 Å². The van der Waals surface area contributed by atoms with Crippen LogP contribution in [0.1, 0.15) is 47.1 Å². The van der Waals surface area contributed by atoms with Gasteiger partial charge in [-0.3, -0.25) is 28.8 Å². The molecule has 12 nitrogen and oxygen atoms in total. The average molecular weight is 496 g/mol. The van der Waals surface area contributed by atoms with Gasteiger partial charge in [0, 0.05) is 54.0 Å². The lowest BCUT2D eigenvalue weighted by atomic mass is 9.98. The summed E-state index contributed by atoms with van der Waals surface area (Å²) in [5.41, 5.74) is 0.300. The van der Waals surface area contributed by atoms with Crippen LogP contribution in [-0.4, -0.2) is 60.7 Å². The summed E-state index contributed by atoms with van der Waals surface area (Å²) in [5, 5.41) is 0. The third-order valence-corrected chi connectivity index (χ3v) is 4.10. The molecule has 1 aromatic rings. The quantitative estimate of drug-likeness (QED) is 0.247. The van der Waals surface area contributed by atoms with E-state index in [1.165, 1.54) is 25.1 Å². The molecule has 0 fully saturated rings. The molecule has 0 heterocycles. The number of esters is 6. The van der Waals surface area contributed by atoms with Crippen molar-refractivity contribution >= 4 is 35.8 Å². The summed E-state index contributed by atoms with van der Waals surface area (Å²) in [6.07, 6.45) is -4.21. The molecule has 0 N–H and O–H groups in total. The number of hydrogen-bond donors (Lipinski definition) is 0. The molecule has 0 amide bonds. The summed E-state index contributed by atoms with van der Waals surface area (Å²) in [6.45, 7) is 6.28. The van der Waals surface area contributed by atoms with Crippen molar-refractivity contribution in [2.24, 2.45) is 0 Å². The molecule has 1 aromatic carbocycles. The lowest BCUT2D eigenvalue weighted by Gasteiger charge is -2.32. The third-order valence-electron chi connectivity index (χ3n) is 4.10. The Kier molecular flexibility index (Phi) is 11.4. The highest BCUT2D eigenvalue weighted by atomic mass is 16.6. The Bertz CT molecular complexity index is 967. The van der Waals surface area contributed by atoms with Gasteiger partial charge in [0.1, 0.15) is 24.2 Å². The molecule has 3 atom stereocenters. The van der Waals surface area contributed by atoms with E-state index in [2.05, 4.69) is 0 Å². The molecule has 0 aliphatic rings. The van der Waals surface area contributed by atoms with Gasteiger partial charge in [0.05, 0.1) is 0 Å². The SMILES string of the molecule is CC(=O)OC[C@@H](OC(C)=O)[C@@H](OC(C)=O)[C@H](Cc1ccc(OC(C)=O)cc1OC(C)=O)OC(C)=O. The fourth-order valence-corrected chi connectivity index (χ4v) is 3.03. The largest absolute Gasteiger partial charge is 0.462 e. The van der Waals surface area contributed by atoms with Crippen molar-refractivity contribution in [2.75, 3.05) is 6.61 Å². The molecule has 0 saturated carbocycles. The second-order valence-corrected chi connectivity index (χ2v) is 7.33. The number of rotatable bonds is 11. The molecular formula is C23H28O12. The van der Waals surface area contributed by atoms with Crippen molar-refractivity contribution in [2.45, 2.75) is 66.3 Å². The lowest BCUT2D eigenvalue weighted by Crippen LogP contribution is -2.48. The minimum absolute atomic E-state index is 0.0148. The predicted octanol–water partition coefficient (Wildman–Crippen LogP) is 1.44. The first kappa shape index (κ1) is 29.1. The van der Waals surface area contributed by atoms with Gasteiger partial charge in [-0.25, -0.2) is 0 Å². The Morgan fingerprint density at radius 2 is 1.20 bits per heavy atom. The van der Waals surface area contributed by atoms with Crippen molar-refractivity contribution in [3.05, 3.63) is 23.8 Å². The summed E-state index contributed by atoms with van der Waals surface area (Å²) in [6, 6.07) is 4.15. The van der Waals surface area contributed by atoms with E-state index >= 15 is 0 Å². The van der Waals surface area contributed by atoms with Crippen molar-refractivity contribution in [3.63, 3.8) is 0 Å². The summed E-state index contributed by atoms with van der Waals surface area (Å²) in [5.74, 6) is -4.22. The zero-order valence-corrected chi connectivity index (χ0v) is 20.3. The molecule has 0 aliphatic carbocycles. The second kappa shape index (κ2) is 13.7. The zero-order chi connectivity index (χ0) is 26.7. The third kappa shape index (κ3) is 11.1. The Morgan fingerprint density at radius 3 is 1.69 bits per heavy atom. The van der Waals surface area contributed by atoms with Crippen molar-refractivity contribution < 1.29 is 57.2 Å². The number of ether oxygens (including phenoxy) is 6. The van der Waals surface area contributed by atoms with Crippen LogP contribution in [0.4, 0.5) is 0 Å². The minimum atomic E-state index is -1.40. The van der Waals surface area contributed by atoms with Crippen LogP contribution in [0.5, 0.6) is 11.5 Å². The molecule has 0 aliphatic heterocycles. The van der Waals surface area contributed by atoms with Crippen LogP contribution in [0, 0.1) is 0 Å². The van der Waals surface area contributed by atoms with E-state index in [0.717, 1.165) is 34.6 Å². The highest BCUT2D eigenvalue weighted by molar-refractivity contribution is 5.72. The Hall–Kier alpha value is -3.96. The highest BCUT2D eigenvalue weighted by Gasteiger charge is 2.38. The van der Waals surface area contributed by atoms with Gasteiger partial charge >= 0.3 is 35.8 Å². The molecule has 0 aromatic heterocycles. The van der Waals surface area contributed by atoms with Crippen LogP contribution in [0.25, 0.3) is 0 Å². The van der Waals surface area contributed by atoms with E-state index in [-0.39, 0.29) is 17.9 Å². The molecule has 0 spiro atoms. The van der Waals surface area contributed by atoms with E-state index in [1.807, 2.05) is 0 Å². The molecule has 192 valence electrons. The molecule has 0 radical (unpaired) electrons. The van der Waals surface area contributed by atoms with Gasteiger partial charge in [-0.2, -0.15) is 0 Å². The number of carbonyl (C=O) groups is 6. The smallest absolute Gasteiger partial charge is 0.308 e. The normalized spacial score (nSPS) is 12.9. The fraction of sp³-hybridized carbons (Fsp3) is 0.478. The average Bonchev–Trinajstić information content (AvgIpc) is 2.69. The van der Waals surface area contributed by atoms with Crippen LogP contribution < -0.4 is 9.47 Å². The van der Waals surface area contributed by atoms with Crippen LogP contribution in [-0.2, 0) is 54.1 Å². The first-order chi connectivity index (χ1) is 16.3. The van der Waals surface area contributed by atoms with Gasteiger partial charge in [-0.1, -0.05) is 6.07 Å². The Labute approximate surface area is 201 Å². The number of hydrogen-bond acceptors (Lipinski definition) is 12. The second-order valence-electron chi connectivity index (χ2n) is 7.33. The molecule has 0 unspecified atom stereocenters. The van der Waals surface area contributed by atoms with Gasteiger partial charge < -0.3 is 28.4 Å². The lowest BCUT2D eigenvalue weighted by molar-refractivity contribution is -0.189. The van der Waals surface area contributed by atoms with Crippen LogP contribution in [0.2, 0.25) is 0 Å². The molecule has 1 rings (SSSR count). The van der Waals surface area contributed by atoms with E-state index < -0.39 is 60.7 Å². The van der Waals surface area contributed by atoms with Crippen molar-refractivity contribution in [3.8, 4) is 11.5 Å². The summed E-state index contributed by atoms with van der Waals surface area (Å²) >= 11 is 0.